The first-order valence-electron chi connectivity index (χ1n) is 7.08. The molecule has 3 rings (SSSR count). The van der Waals surface area contributed by atoms with E-state index in [1.165, 1.54) is 12.8 Å². The molecule has 1 aliphatic heterocycles. The molecule has 5 nitrogen and oxygen atoms in total. The van der Waals surface area contributed by atoms with Crippen LogP contribution in [0.5, 0.6) is 11.5 Å². The van der Waals surface area contributed by atoms with E-state index in [0.717, 1.165) is 11.5 Å². The molecule has 0 saturated heterocycles. The van der Waals surface area contributed by atoms with E-state index in [1.54, 1.807) is 11.9 Å². The Morgan fingerprint density at radius 2 is 2.10 bits per heavy atom. The highest BCUT2D eigenvalue weighted by Crippen LogP contribution is 2.30. The van der Waals surface area contributed by atoms with E-state index in [-0.39, 0.29) is 12.0 Å². The first-order chi connectivity index (χ1) is 9.72. The van der Waals surface area contributed by atoms with Crippen molar-refractivity contribution in [3.05, 3.63) is 24.3 Å². The van der Waals surface area contributed by atoms with Gasteiger partial charge in [0.1, 0.15) is 6.61 Å². The predicted molar refractivity (Wildman–Crippen MR) is 75.0 cm³/mol. The number of hydrogen-bond acceptors (Lipinski definition) is 4. The monoisotopic (exact) mass is 276 g/mol. The lowest BCUT2D eigenvalue weighted by Crippen LogP contribution is -2.44. The van der Waals surface area contributed by atoms with E-state index >= 15 is 0 Å². The molecule has 1 fully saturated rings. The number of likely N-dealkylation sites (N-methyl/N-ethyl adjacent to an activating group) is 1. The Bertz CT molecular complexity index is 488. The maximum atomic E-state index is 12.0. The molecular weight excluding hydrogens is 256 g/mol. The van der Waals surface area contributed by atoms with Crippen LogP contribution in [0.1, 0.15) is 12.8 Å². The van der Waals surface area contributed by atoms with Crippen molar-refractivity contribution in [2.45, 2.75) is 25.0 Å². The van der Waals surface area contributed by atoms with E-state index in [1.807, 2.05) is 24.3 Å². The largest absolute Gasteiger partial charge is 0.486 e. The third-order valence-corrected chi connectivity index (χ3v) is 3.59. The number of para-hydroxylation sites is 2. The minimum atomic E-state index is -0.111. The van der Waals surface area contributed by atoms with Gasteiger partial charge >= 0.3 is 0 Å². The van der Waals surface area contributed by atoms with Gasteiger partial charge in [0.2, 0.25) is 5.91 Å². The Hall–Kier alpha value is -1.75. The summed E-state index contributed by atoms with van der Waals surface area (Å²) in [5.41, 5.74) is 0. The van der Waals surface area contributed by atoms with Crippen molar-refractivity contribution in [2.24, 2.45) is 0 Å². The molecule has 1 aromatic rings. The molecule has 0 bridgehead atoms. The number of ether oxygens (including phenoxy) is 2. The summed E-state index contributed by atoms with van der Waals surface area (Å²) in [4.78, 5) is 13.7. The summed E-state index contributed by atoms with van der Waals surface area (Å²) in [6.45, 7) is 1.43. The zero-order chi connectivity index (χ0) is 13.9. The van der Waals surface area contributed by atoms with E-state index < -0.39 is 0 Å². The van der Waals surface area contributed by atoms with Crippen LogP contribution < -0.4 is 14.8 Å². The number of carbonyl (C=O) groups excluding carboxylic acids is 1. The van der Waals surface area contributed by atoms with Crippen molar-refractivity contribution < 1.29 is 14.3 Å². The average Bonchev–Trinajstić information content (AvgIpc) is 3.28. The molecule has 1 saturated carbocycles. The number of nitrogens with one attached hydrogen (secondary N) is 1. The summed E-state index contributed by atoms with van der Waals surface area (Å²) in [5, 5.41) is 3.23. The van der Waals surface area contributed by atoms with Crippen molar-refractivity contribution in [3.8, 4) is 11.5 Å². The van der Waals surface area contributed by atoms with Crippen molar-refractivity contribution in [1.82, 2.24) is 10.2 Å². The molecule has 108 valence electrons. The molecule has 1 heterocycles. The van der Waals surface area contributed by atoms with Gasteiger partial charge in [-0.2, -0.15) is 0 Å². The number of rotatable bonds is 5. The molecule has 2 aliphatic rings. The Kier molecular flexibility index (Phi) is 3.78. The molecule has 0 radical (unpaired) electrons. The van der Waals surface area contributed by atoms with Gasteiger partial charge in [-0.1, -0.05) is 12.1 Å². The lowest BCUT2D eigenvalue weighted by atomic mass is 10.2. The Labute approximate surface area is 118 Å². The third-order valence-electron chi connectivity index (χ3n) is 3.59. The number of hydrogen-bond donors (Lipinski definition) is 1. The number of carbonyl (C=O) groups is 1. The average molecular weight is 276 g/mol. The summed E-state index contributed by atoms with van der Waals surface area (Å²) in [6.07, 6.45) is 2.26. The summed E-state index contributed by atoms with van der Waals surface area (Å²) >= 11 is 0. The SMILES string of the molecule is CN(CC1COc2ccccc2O1)C(=O)CNC1CC1. The predicted octanol–water partition coefficient (Wildman–Crippen LogP) is 1.04. The maximum absolute atomic E-state index is 12.0. The van der Waals surface area contributed by atoms with Gasteiger partial charge in [0.05, 0.1) is 13.1 Å². The molecule has 5 heteroatoms. The normalized spacial score (nSPS) is 20.6. The highest BCUT2D eigenvalue weighted by molar-refractivity contribution is 5.78. The van der Waals surface area contributed by atoms with Crippen LogP contribution in [0.4, 0.5) is 0 Å². The second-order valence-electron chi connectivity index (χ2n) is 5.43. The van der Waals surface area contributed by atoms with Gasteiger partial charge in [0.15, 0.2) is 17.6 Å². The summed E-state index contributed by atoms with van der Waals surface area (Å²) in [5.74, 6) is 1.62. The van der Waals surface area contributed by atoms with Gasteiger partial charge in [-0.25, -0.2) is 0 Å². The van der Waals surface area contributed by atoms with Crippen LogP contribution in [0.3, 0.4) is 0 Å². The molecule has 1 amide bonds. The number of amides is 1. The van der Waals surface area contributed by atoms with Crippen LogP contribution in [0.2, 0.25) is 0 Å². The smallest absolute Gasteiger partial charge is 0.236 e. The molecule has 0 spiro atoms. The van der Waals surface area contributed by atoms with Crippen LogP contribution in [0.25, 0.3) is 0 Å². The Balaban J connectivity index is 1.49. The minimum Gasteiger partial charge on any atom is -0.486 e. The lowest BCUT2D eigenvalue weighted by Gasteiger charge is -2.29. The lowest BCUT2D eigenvalue weighted by molar-refractivity contribution is -0.130. The van der Waals surface area contributed by atoms with Crippen molar-refractivity contribution in [2.75, 3.05) is 26.7 Å². The molecular formula is C15H20N2O3. The van der Waals surface area contributed by atoms with Crippen LogP contribution in [-0.2, 0) is 4.79 Å². The molecule has 1 N–H and O–H groups in total. The van der Waals surface area contributed by atoms with Crippen LogP contribution in [0.15, 0.2) is 24.3 Å². The fourth-order valence-corrected chi connectivity index (χ4v) is 2.21. The highest BCUT2D eigenvalue weighted by Gasteiger charge is 2.25. The maximum Gasteiger partial charge on any atom is 0.236 e. The number of nitrogens with zero attached hydrogens (tertiary/aromatic N) is 1. The van der Waals surface area contributed by atoms with Gasteiger partial charge in [0.25, 0.3) is 0 Å². The summed E-state index contributed by atoms with van der Waals surface area (Å²) < 4.78 is 11.5. The zero-order valence-corrected chi connectivity index (χ0v) is 11.7. The first kappa shape index (κ1) is 13.2. The van der Waals surface area contributed by atoms with Gasteiger partial charge in [-0.05, 0) is 25.0 Å². The van der Waals surface area contributed by atoms with Crippen LogP contribution in [0, 0.1) is 0 Å². The van der Waals surface area contributed by atoms with Gasteiger partial charge in [-0.3, -0.25) is 4.79 Å². The second kappa shape index (κ2) is 5.71. The van der Waals surface area contributed by atoms with Crippen molar-refractivity contribution in [1.29, 1.82) is 0 Å². The van der Waals surface area contributed by atoms with Crippen LogP contribution >= 0.6 is 0 Å². The van der Waals surface area contributed by atoms with E-state index in [0.29, 0.717) is 25.7 Å². The Morgan fingerprint density at radius 1 is 1.35 bits per heavy atom. The highest BCUT2D eigenvalue weighted by atomic mass is 16.6. The fourth-order valence-electron chi connectivity index (χ4n) is 2.21. The number of fused-ring (bicyclic) bond motifs is 1. The van der Waals surface area contributed by atoms with E-state index in [4.69, 9.17) is 9.47 Å². The second-order valence-corrected chi connectivity index (χ2v) is 5.43. The zero-order valence-electron chi connectivity index (χ0n) is 11.7. The fraction of sp³-hybridized carbons (Fsp3) is 0.533. The van der Waals surface area contributed by atoms with Crippen molar-refractivity contribution in [3.63, 3.8) is 0 Å². The van der Waals surface area contributed by atoms with Crippen molar-refractivity contribution >= 4 is 5.91 Å². The van der Waals surface area contributed by atoms with Gasteiger partial charge in [-0.15, -0.1) is 0 Å². The van der Waals surface area contributed by atoms with E-state index in [2.05, 4.69) is 5.32 Å². The topological polar surface area (TPSA) is 50.8 Å². The Morgan fingerprint density at radius 3 is 2.85 bits per heavy atom. The van der Waals surface area contributed by atoms with Gasteiger partial charge in [0, 0.05) is 13.1 Å². The molecule has 0 aromatic heterocycles. The summed E-state index contributed by atoms with van der Waals surface area (Å²) in [6, 6.07) is 8.16. The first-order valence-corrected chi connectivity index (χ1v) is 7.08. The quantitative estimate of drug-likeness (QED) is 0.873. The molecule has 1 unspecified atom stereocenters. The molecule has 1 aliphatic carbocycles. The van der Waals surface area contributed by atoms with E-state index in [9.17, 15) is 4.79 Å². The summed E-state index contributed by atoms with van der Waals surface area (Å²) in [7, 11) is 1.81. The minimum absolute atomic E-state index is 0.0966. The molecule has 1 atom stereocenters. The molecule has 20 heavy (non-hydrogen) atoms. The standard InChI is InChI=1S/C15H20N2O3/c1-17(15(18)8-16-11-6-7-11)9-12-10-19-13-4-2-3-5-14(13)20-12/h2-5,11-12,16H,6-10H2,1H3. The molecule has 1 aromatic carbocycles. The number of benzene rings is 1. The third kappa shape index (κ3) is 3.22. The van der Waals surface area contributed by atoms with Gasteiger partial charge < -0.3 is 19.7 Å². The van der Waals surface area contributed by atoms with Crippen LogP contribution in [-0.4, -0.2) is 49.7 Å².